The smallest absolute Gasteiger partial charge is 0.201 e. The number of hydrogen-bond donors (Lipinski definition) is 0. The van der Waals surface area contributed by atoms with Gasteiger partial charge in [-0.2, -0.15) is 0 Å². The molecule has 1 aromatic heterocycles. The van der Waals surface area contributed by atoms with Crippen LogP contribution in [0.4, 0.5) is 0 Å². The van der Waals surface area contributed by atoms with E-state index in [9.17, 15) is 4.79 Å². The molecule has 0 N–H and O–H groups in total. The van der Waals surface area contributed by atoms with Crippen LogP contribution >= 0.6 is 12.0 Å². The van der Waals surface area contributed by atoms with Crippen LogP contribution in [0.2, 0.25) is 0 Å². The Bertz CT molecular complexity index is 887. The van der Waals surface area contributed by atoms with E-state index in [2.05, 4.69) is 18.7 Å². The van der Waals surface area contributed by atoms with Crippen molar-refractivity contribution in [3.63, 3.8) is 0 Å². The third kappa shape index (κ3) is 3.48. The van der Waals surface area contributed by atoms with Gasteiger partial charge in [0.05, 0.1) is 22.3 Å². The summed E-state index contributed by atoms with van der Waals surface area (Å²) >= 11 is 1.25. The highest BCUT2D eigenvalue weighted by Gasteiger charge is 2.12. The average Bonchev–Trinajstić information content (AvgIpc) is 2.62. The van der Waals surface area contributed by atoms with Crippen molar-refractivity contribution in [1.29, 1.82) is 0 Å². The van der Waals surface area contributed by atoms with Gasteiger partial charge in [0.2, 0.25) is 5.43 Å². The Labute approximate surface area is 145 Å². The zero-order chi connectivity index (χ0) is 16.9. The van der Waals surface area contributed by atoms with E-state index >= 15 is 0 Å². The second kappa shape index (κ2) is 7.83. The van der Waals surface area contributed by atoms with Gasteiger partial charge in [-0.3, -0.25) is 4.79 Å². The SMILES string of the molecule is CCN(CC)CCOSc1cccc2oc3ccccc3c(=O)c12. The van der Waals surface area contributed by atoms with Crippen LogP contribution in [0.5, 0.6) is 0 Å². The maximum Gasteiger partial charge on any atom is 0.201 e. The summed E-state index contributed by atoms with van der Waals surface area (Å²) < 4.78 is 11.6. The highest BCUT2D eigenvalue weighted by atomic mass is 32.2. The first-order valence-electron chi connectivity index (χ1n) is 8.21. The van der Waals surface area contributed by atoms with Gasteiger partial charge < -0.3 is 13.5 Å². The molecule has 0 fully saturated rings. The Morgan fingerprint density at radius 2 is 1.79 bits per heavy atom. The minimum Gasteiger partial charge on any atom is -0.456 e. The molecule has 0 radical (unpaired) electrons. The minimum atomic E-state index is -0.0118. The molecule has 0 aliphatic heterocycles. The third-order valence-corrected chi connectivity index (χ3v) is 4.90. The molecule has 0 amide bonds. The molecule has 3 rings (SSSR count). The van der Waals surface area contributed by atoms with E-state index in [4.69, 9.17) is 8.60 Å². The molecular weight excluding hydrogens is 322 g/mol. The Kier molecular flexibility index (Phi) is 5.56. The molecule has 24 heavy (non-hydrogen) atoms. The molecular formula is C19H21NO3S. The molecule has 4 nitrogen and oxygen atoms in total. The van der Waals surface area contributed by atoms with E-state index in [1.807, 2.05) is 36.4 Å². The maximum atomic E-state index is 12.8. The van der Waals surface area contributed by atoms with Crippen LogP contribution in [-0.2, 0) is 4.18 Å². The van der Waals surface area contributed by atoms with Gasteiger partial charge in [-0.15, -0.1) is 0 Å². The molecule has 0 atom stereocenters. The fourth-order valence-corrected chi connectivity index (χ4v) is 3.39. The van der Waals surface area contributed by atoms with Gasteiger partial charge in [0.15, 0.2) is 0 Å². The highest BCUT2D eigenvalue weighted by Crippen LogP contribution is 2.28. The van der Waals surface area contributed by atoms with E-state index in [1.54, 1.807) is 6.07 Å². The average molecular weight is 343 g/mol. The lowest BCUT2D eigenvalue weighted by Gasteiger charge is -2.17. The summed E-state index contributed by atoms with van der Waals surface area (Å²) in [6.07, 6.45) is 0. The Balaban J connectivity index is 1.86. The van der Waals surface area contributed by atoms with Gasteiger partial charge in [-0.25, -0.2) is 0 Å². The number of nitrogens with zero attached hydrogens (tertiary/aromatic N) is 1. The van der Waals surface area contributed by atoms with Crippen LogP contribution in [-0.4, -0.2) is 31.1 Å². The summed E-state index contributed by atoms with van der Waals surface area (Å²) in [5.41, 5.74) is 1.19. The first-order valence-corrected chi connectivity index (χ1v) is 8.95. The van der Waals surface area contributed by atoms with Crippen LogP contribution in [0.1, 0.15) is 13.8 Å². The topological polar surface area (TPSA) is 42.7 Å². The number of rotatable bonds is 7. The van der Waals surface area contributed by atoms with E-state index in [0.717, 1.165) is 24.5 Å². The summed E-state index contributed by atoms with van der Waals surface area (Å²) in [6, 6.07) is 12.9. The molecule has 0 unspecified atom stereocenters. The van der Waals surface area contributed by atoms with Crippen LogP contribution in [0.25, 0.3) is 21.9 Å². The van der Waals surface area contributed by atoms with Crippen molar-refractivity contribution in [2.75, 3.05) is 26.2 Å². The molecule has 0 bridgehead atoms. The second-order valence-corrected chi connectivity index (χ2v) is 6.33. The number of hydrogen-bond acceptors (Lipinski definition) is 5. The van der Waals surface area contributed by atoms with E-state index in [-0.39, 0.29) is 5.43 Å². The maximum absolute atomic E-state index is 12.8. The minimum absolute atomic E-state index is 0.0118. The lowest BCUT2D eigenvalue weighted by molar-refractivity contribution is 0.242. The van der Waals surface area contributed by atoms with Gasteiger partial charge in [0.1, 0.15) is 11.2 Å². The zero-order valence-corrected chi connectivity index (χ0v) is 14.8. The van der Waals surface area contributed by atoms with Crippen molar-refractivity contribution in [1.82, 2.24) is 4.90 Å². The van der Waals surface area contributed by atoms with Crippen molar-refractivity contribution in [2.24, 2.45) is 0 Å². The molecule has 3 aromatic rings. The molecule has 1 heterocycles. The van der Waals surface area contributed by atoms with Crippen LogP contribution in [0.3, 0.4) is 0 Å². The Hall–Kier alpha value is -1.82. The van der Waals surface area contributed by atoms with Gasteiger partial charge in [0, 0.05) is 18.6 Å². The zero-order valence-electron chi connectivity index (χ0n) is 14.0. The molecule has 0 aliphatic rings. The normalized spacial score (nSPS) is 11.6. The molecule has 0 saturated heterocycles. The van der Waals surface area contributed by atoms with Crippen LogP contribution in [0.15, 0.2) is 56.6 Å². The fourth-order valence-electron chi connectivity index (χ4n) is 2.70. The lowest BCUT2D eigenvalue weighted by Crippen LogP contribution is -2.26. The van der Waals surface area contributed by atoms with Crippen LogP contribution in [0, 0.1) is 0 Å². The van der Waals surface area contributed by atoms with E-state index < -0.39 is 0 Å². The van der Waals surface area contributed by atoms with Gasteiger partial charge in [0.25, 0.3) is 0 Å². The second-order valence-electron chi connectivity index (χ2n) is 5.49. The first kappa shape index (κ1) is 17.0. The Morgan fingerprint density at radius 1 is 1.04 bits per heavy atom. The quantitative estimate of drug-likeness (QED) is 0.363. The fraction of sp³-hybridized carbons (Fsp3) is 0.316. The summed E-state index contributed by atoms with van der Waals surface area (Å²) in [4.78, 5) is 15.9. The van der Waals surface area contributed by atoms with Crippen molar-refractivity contribution in [3.05, 3.63) is 52.7 Å². The van der Waals surface area contributed by atoms with Gasteiger partial charge in [-0.05, 0) is 37.4 Å². The van der Waals surface area contributed by atoms with Gasteiger partial charge in [-0.1, -0.05) is 32.0 Å². The molecule has 2 aromatic carbocycles. The molecule has 5 heteroatoms. The summed E-state index contributed by atoms with van der Waals surface area (Å²) in [7, 11) is 0. The highest BCUT2D eigenvalue weighted by molar-refractivity contribution is 7.95. The summed E-state index contributed by atoms with van der Waals surface area (Å²) in [5, 5.41) is 1.19. The predicted molar refractivity (Wildman–Crippen MR) is 99.6 cm³/mol. The van der Waals surface area contributed by atoms with E-state index in [1.165, 1.54) is 12.0 Å². The number of likely N-dealkylation sites (N-methyl/N-ethyl adjacent to an activating group) is 1. The third-order valence-electron chi connectivity index (χ3n) is 4.10. The summed E-state index contributed by atoms with van der Waals surface area (Å²) in [5.74, 6) is 0. The van der Waals surface area contributed by atoms with Crippen molar-refractivity contribution in [2.45, 2.75) is 18.7 Å². The standard InChI is InChI=1S/C19H21NO3S/c1-3-20(4-2)12-13-22-24-17-11-7-10-16-18(17)19(21)14-8-5-6-9-15(14)23-16/h5-11H,3-4,12-13H2,1-2H3. The monoisotopic (exact) mass is 343 g/mol. The predicted octanol–water partition coefficient (Wildman–Crippen LogP) is 4.31. The number of fused-ring (bicyclic) bond motifs is 2. The number of para-hydroxylation sites is 1. The number of benzene rings is 2. The lowest BCUT2D eigenvalue weighted by atomic mass is 10.1. The molecule has 0 aliphatic carbocycles. The van der Waals surface area contributed by atoms with Crippen molar-refractivity contribution in [3.8, 4) is 0 Å². The van der Waals surface area contributed by atoms with Crippen molar-refractivity contribution >= 4 is 34.0 Å². The van der Waals surface area contributed by atoms with Crippen LogP contribution < -0.4 is 5.43 Å². The molecule has 126 valence electrons. The molecule has 0 saturated carbocycles. The van der Waals surface area contributed by atoms with Gasteiger partial charge >= 0.3 is 0 Å². The van der Waals surface area contributed by atoms with E-state index in [0.29, 0.717) is 28.5 Å². The largest absolute Gasteiger partial charge is 0.456 e. The summed E-state index contributed by atoms with van der Waals surface area (Å²) in [6.45, 7) is 7.78. The first-order chi connectivity index (χ1) is 11.7. The molecule has 0 spiro atoms. The Morgan fingerprint density at radius 3 is 2.58 bits per heavy atom. The van der Waals surface area contributed by atoms with Crippen molar-refractivity contribution < 1.29 is 8.60 Å².